The first kappa shape index (κ1) is 12.2. The van der Waals surface area contributed by atoms with Crippen LogP contribution in [0.5, 0.6) is 5.75 Å². The van der Waals surface area contributed by atoms with Crippen LogP contribution >= 0.6 is 0 Å². The number of aromatic amines is 1. The summed E-state index contributed by atoms with van der Waals surface area (Å²) < 4.78 is 5.15. The molecule has 3 rings (SSSR count). The lowest BCUT2D eigenvalue weighted by atomic mass is 10.2. The molecule has 0 aliphatic heterocycles. The quantitative estimate of drug-likeness (QED) is 0.585. The first-order chi connectivity index (χ1) is 9.67. The molecule has 0 unspecified atom stereocenters. The van der Waals surface area contributed by atoms with Crippen LogP contribution in [-0.2, 0) is 0 Å². The molecule has 0 aliphatic carbocycles. The highest BCUT2D eigenvalue weighted by molar-refractivity contribution is 5.81. The average molecular weight is 269 g/mol. The van der Waals surface area contributed by atoms with Crippen molar-refractivity contribution in [2.45, 2.75) is 0 Å². The summed E-state index contributed by atoms with van der Waals surface area (Å²) in [5.41, 5.74) is 2.33. The molecule has 100 valence electrons. The van der Waals surface area contributed by atoms with Crippen molar-refractivity contribution in [2.24, 2.45) is 0 Å². The molecule has 0 spiro atoms. The van der Waals surface area contributed by atoms with Gasteiger partial charge in [0.05, 0.1) is 23.1 Å². The molecule has 0 bridgehead atoms. The van der Waals surface area contributed by atoms with Crippen molar-refractivity contribution >= 4 is 16.7 Å². The summed E-state index contributed by atoms with van der Waals surface area (Å²) in [5, 5.41) is 10.8. The van der Waals surface area contributed by atoms with Gasteiger partial charge in [0.1, 0.15) is 11.6 Å². The van der Waals surface area contributed by atoms with Crippen LogP contribution in [0, 0.1) is 10.1 Å². The number of fused-ring (bicyclic) bond motifs is 1. The minimum atomic E-state index is -0.421. The number of aromatic nitrogens is 2. The highest BCUT2D eigenvalue weighted by atomic mass is 16.6. The first-order valence-corrected chi connectivity index (χ1v) is 5.96. The van der Waals surface area contributed by atoms with Crippen LogP contribution < -0.4 is 4.74 Å². The van der Waals surface area contributed by atoms with Crippen molar-refractivity contribution < 1.29 is 9.66 Å². The molecule has 2 aromatic carbocycles. The van der Waals surface area contributed by atoms with Gasteiger partial charge in [-0.15, -0.1) is 0 Å². The van der Waals surface area contributed by atoms with E-state index in [0.717, 1.165) is 16.8 Å². The Balaban J connectivity index is 2.10. The van der Waals surface area contributed by atoms with Gasteiger partial charge in [-0.3, -0.25) is 10.1 Å². The fourth-order valence-corrected chi connectivity index (χ4v) is 2.02. The van der Waals surface area contributed by atoms with E-state index in [1.54, 1.807) is 19.2 Å². The molecule has 3 aromatic rings. The van der Waals surface area contributed by atoms with E-state index in [9.17, 15) is 10.1 Å². The molecule has 0 aliphatic rings. The smallest absolute Gasteiger partial charge is 0.270 e. The summed E-state index contributed by atoms with van der Waals surface area (Å²) in [6.45, 7) is 0. The molecular formula is C14H11N3O3. The summed E-state index contributed by atoms with van der Waals surface area (Å²) in [5.74, 6) is 1.32. The van der Waals surface area contributed by atoms with E-state index in [1.807, 2.05) is 18.2 Å². The summed E-state index contributed by atoms with van der Waals surface area (Å²) in [7, 11) is 1.60. The number of hydrogen-bond donors (Lipinski definition) is 1. The summed E-state index contributed by atoms with van der Waals surface area (Å²) in [4.78, 5) is 17.9. The lowest BCUT2D eigenvalue weighted by Gasteiger charge is -1.97. The van der Waals surface area contributed by atoms with Crippen LogP contribution in [0.1, 0.15) is 0 Å². The second-order valence-corrected chi connectivity index (χ2v) is 4.28. The zero-order chi connectivity index (χ0) is 14.1. The molecule has 1 heterocycles. The number of methoxy groups -OCH3 is 1. The molecule has 0 amide bonds. The fraction of sp³-hybridized carbons (Fsp3) is 0.0714. The van der Waals surface area contributed by atoms with Gasteiger partial charge >= 0.3 is 0 Å². The number of benzene rings is 2. The van der Waals surface area contributed by atoms with Crippen molar-refractivity contribution in [1.29, 1.82) is 0 Å². The number of ether oxygens (including phenoxy) is 1. The van der Waals surface area contributed by atoms with Crippen LogP contribution in [0.4, 0.5) is 5.69 Å². The SMILES string of the molecule is COc1ccc2nc(-c3cccc([N+](=O)[O-])c3)[nH]c2c1. The van der Waals surface area contributed by atoms with Crippen LogP contribution in [0.15, 0.2) is 42.5 Å². The normalized spacial score (nSPS) is 10.7. The second kappa shape index (κ2) is 4.65. The number of non-ortho nitro benzene ring substituents is 1. The van der Waals surface area contributed by atoms with E-state index in [-0.39, 0.29) is 5.69 Å². The van der Waals surface area contributed by atoms with Crippen molar-refractivity contribution in [2.75, 3.05) is 7.11 Å². The van der Waals surface area contributed by atoms with Gasteiger partial charge < -0.3 is 9.72 Å². The number of nitro benzene ring substituents is 1. The lowest BCUT2D eigenvalue weighted by molar-refractivity contribution is -0.384. The minimum absolute atomic E-state index is 0.0422. The van der Waals surface area contributed by atoms with Crippen molar-refractivity contribution in [3.63, 3.8) is 0 Å². The Morgan fingerprint density at radius 1 is 1.25 bits per heavy atom. The Morgan fingerprint density at radius 2 is 2.10 bits per heavy atom. The van der Waals surface area contributed by atoms with Gasteiger partial charge in [-0.2, -0.15) is 0 Å². The lowest BCUT2D eigenvalue weighted by Crippen LogP contribution is -1.88. The van der Waals surface area contributed by atoms with E-state index >= 15 is 0 Å². The Labute approximate surface area is 114 Å². The average Bonchev–Trinajstić information content (AvgIpc) is 2.90. The van der Waals surface area contributed by atoms with E-state index < -0.39 is 4.92 Å². The van der Waals surface area contributed by atoms with Gasteiger partial charge in [0.25, 0.3) is 5.69 Å². The van der Waals surface area contributed by atoms with Crippen LogP contribution in [0.3, 0.4) is 0 Å². The number of nitrogens with zero attached hydrogens (tertiary/aromatic N) is 2. The minimum Gasteiger partial charge on any atom is -0.497 e. The number of nitro groups is 1. The van der Waals surface area contributed by atoms with Gasteiger partial charge in [0.15, 0.2) is 0 Å². The first-order valence-electron chi connectivity index (χ1n) is 5.96. The maximum absolute atomic E-state index is 10.8. The van der Waals surface area contributed by atoms with Crippen LogP contribution in [0.25, 0.3) is 22.4 Å². The van der Waals surface area contributed by atoms with Crippen molar-refractivity contribution in [3.8, 4) is 17.1 Å². The van der Waals surface area contributed by atoms with E-state index in [2.05, 4.69) is 9.97 Å². The molecular weight excluding hydrogens is 258 g/mol. The van der Waals surface area contributed by atoms with E-state index in [1.165, 1.54) is 12.1 Å². The van der Waals surface area contributed by atoms with Gasteiger partial charge in [-0.05, 0) is 12.1 Å². The Morgan fingerprint density at radius 3 is 2.85 bits per heavy atom. The van der Waals surface area contributed by atoms with Gasteiger partial charge in [-0.1, -0.05) is 12.1 Å². The zero-order valence-electron chi connectivity index (χ0n) is 10.7. The summed E-state index contributed by atoms with van der Waals surface area (Å²) in [6.07, 6.45) is 0. The summed E-state index contributed by atoms with van der Waals surface area (Å²) in [6, 6.07) is 11.9. The topological polar surface area (TPSA) is 81.1 Å². The number of nitrogens with one attached hydrogen (secondary N) is 1. The maximum Gasteiger partial charge on any atom is 0.270 e. The fourth-order valence-electron chi connectivity index (χ4n) is 2.02. The predicted octanol–water partition coefficient (Wildman–Crippen LogP) is 3.15. The Hall–Kier alpha value is -2.89. The molecule has 0 atom stereocenters. The van der Waals surface area contributed by atoms with Crippen LogP contribution in [0.2, 0.25) is 0 Å². The standard InChI is InChI=1S/C14H11N3O3/c1-20-11-5-6-12-13(8-11)16-14(15-12)9-3-2-4-10(7-9)17(18)19/h2-8H,1H3,(H,15,16). The molecule has 6 nitrogen and oxygen atoms in total. The summed E-state index contributed by atoms with van der Waals surface area (Å²) >= 11 is 0. The number of rotatable bonds is 3. The Kier molecular flexibility index (Phi) is 2.83. The predicted molar refractivity (Wildman–Crippen MR) is 74.7 cm³/mol. The highest BCUT2D eigenvalue weighted by Crippen LogP contribution is 2.25. The van der Waals surface area contributed by atoms with E-state index in [0.29, 0.717) is 11.4 Å². The Bertz CT molecular complexity index is 795. The third-order valence-corrected chi connectivity index (χ3v) is 3.02. The molecule has 0 saturated carbocycles. The molecule has 1 aromatic heterocycles. The molecule has 20 heavy (non-hydrogen) atoms. The molecule has 6 heteroatoms. The van der Waals surface area contributed by atoms with E-state index in [4.69, 9.17) is 4.74 Å². The third-order valence-electron chi connectivity index (χ3n) is 3.02. The van der Waals surface area contributed by atoms with Crippen LogP contribution in [-0.4, -0.2) is 22.0 Å². The number of H-pyrrole nitrogens is 1. The molecule has 0 fully saturated rings. The van der Waals surface area contributed by atoms with Gasteiger partial charge in [-0.25, -0.2) is 4.98 Å². The monoisotopic (exact) mass is 269 g/mol. The zero-order valence-corrected chi connectivity index (χ0v) is 10.7. The molecule has 1 N–H and O–H groups in total. The number of imidazole rings is 1. The van der Waals surface area contributed by atoms with Gasteiger partial charge in [0.2, 0.25) is 0 Å². The molecule has 0 radical (unpaired) electrons. The maximum atomic E-state index is 10.8. The highest BCUT2D eigenvalue weighted by Gasteiger charge is 2.10. The second-order valence-electron chi connectivity index (χ2n) is 4.28. The molecule has 0 saturated heterocycles. The van der Waals surface area contributed by atoms with Crippen molar-refractivity contribution in [3.05, 3.63) is 52.6 Å². The largest absolute Gasteiger partial charge is 0.497 e. The number of hydrogen-bond acceptors (Lipinski definition) is 4. The van der Waals surface area contributed by atoms with Crippen molar-refractivity contribution in [1.82, 2.24) is 9.97 Å². The third kappa shape index (κ3) is 2.07. The van der Waals surface area contributed by atoms with Gasteiger partial charge in [0, 0.05) is 23.8 Å².